The van der Waals surface area contributed by atoms with Crippen molar-refractivity contribution in [2.24, 2.45) is 5.73 Å². The summed E-state index contributed by atoms with van der Waals surface area (Å²) in [6.45, 7) is 3.91. The van der Waals surface area contributed by atoms with Crippen molar-refractivity contribution in [1.82, 2.24) is 4.90 Å². The Kier molecular flexibility index (Phi) is 4.69. The Labute approximate surface area is 146 Å². The summed E-state index contributed by atoms with van der Waals surface area (Å²) in [5.74, 6) is 0. The van der Waals surface area contributed by atoms with E-state index in [1.54, 1.807) is 16.7 Å². The Morgan fingerprint density at radius 3 is 2.75 bits per heavy atom. The number of anilines is 1. The number of piperidine rings is 1. The Morgan fingerprint density at radius 2 is 2.17 bits per heavy atom. The summed E-state index contributed by atoms with van der Waals surface area (Å²) in [4.78, 5) is 26.9. The van der Waals surface area contributed by atoms with E-state index in [4.69, 9.17) is 22.1 Å². The van der Waals surface area contributed by atoms with E-state index in [0.29, 0.717) is 26.2 Å². The molecule has 0 saturated carbocycles. The van der Waals surface area contributed by atoms with Gasteiger partial charge in [0.1, 0.15) is 0 Å². The van der Waals surface area contributed by atoms with E-state index < -0.39 is 5.56 Å². The Bertz CT molecular complexity index is 642. The fourth-order valence-corrected chi connectivity index (χ4v) is 3.81. The first-order valence-electron chi connectivity index (χ1n) is 8.14. The summed E-state index contributed by atoms with van der Waals surface area (Å²) in [5, 5.41) is 0. The normalized spacial score (nSPS) is 20.0. The number of hydrogen-bond acceptors (Lipinski definition) is 4. The van der Waals surface area contributed by atoms with Crippen LogP contribution in [0, 0.1) is 0 Å². The van der Waals surface area contributed by atoms with Gasteiger partial charge in [0.05, 0.1) is 0 Å². The molecular weight excluding hydrogens is 330 g/mol. The summed E-state index contributed by atoms with van der Waals surface area (Å²) >= 11 is 5.72. The fraction of sp³-hybridized carbons (Fsp3) is 0.529. The molecule has 1 atom stereocenters. The molecule has 0 aromatic heterocycles. The molecule has 3 rings (SSSR count). The molecular formula is C17H22ClN3O3. The lowest BCUT2D eigenvalue weighted by Crippen LogP contribution is -2.47. The highest BCUT2D eigenvalue weighted by Crippen LogP contribution is 2.46. The van der Waals surface area contributed by atoms with Crippen molar-refractivity contribution in [3.05, 3.63) is 29.3 Å². The van der Waals surface area contributed by atoms with Gasteiger partial charge in [-0.05, 0) is 37.0 Å². The zero-order valence-electron chi connectivity index (χ0n) is 13.7. The van der Waals surface area contributed by atoms with Crippen LogP contribution >= 0.6 is 11.6 Å². The van der Waals surface area contributed by atoms with E-state index in [2.05, 4.69) is 6.07 Å². The van der Waals surface area contributed by atoms with Gasteiger partial charge < -0.3 is 20.3 Å². The maximum atomic E-state index is 12.0. The number of nitrogens with two attached hydrogens (primary N) is 1. The van der Waals surface area contributed by atoms with Crippen molar-refractivity contribution in [2.75, 3.05) is 24.5 Å². The number of amides is 2. The lowest BCUT2D eigenvalue weighted by molar-refractivity contribution is -0.107. The molecule has 0 radical (unpaired) electrons. The first-order valence-corrected chi connectivity index (χ1v) is 8.58. The monoisotopic (exact) mass is 351 g/mol. The van der Waals surface area contributed by atoms with Gasteiger partial charge in [0.15, 0.2) is 5.56 Å². The van der Waals surface area contributed by atoms with Crippen molar-refractivity contribution in [3.63, 3.8) is 0 Å². The zero-order chi connectivity index (χ0) is 17.3. The van der Waals surface area contributed by atoms with Crippen LogP contribution in [0.15, 0.2) is 18.2 Å². The predicted molar refractivity (Wildman–Crippen MR) is 92.0 cm³/mol. The van der Waals surface area contributed by atoms with Gasteiger partial charge in [-0.15, -0.1) is 0 Å². The number of halogens is 1. The van der Waals surface area contributed by atoms with Gasteiger partial charge >= 0.3 is 6.09 Å². The summed E-state index contributed by atoms with van der Waals surface area (Å²) < 4.78 is 5.06. The SMILES string of the molecule is CC(Cl)OC(=O)N1CCC2(CC1)CN(C=O)c1ccc(CN)cc12. The second kappa shape index (κ2) is 6.61. The first-order chi connectivity index (χ1) is 11.5. The van der Waals surface area contributed by atoms with E-state index in [-0.39, 0.29) is 11.5 Å². The molecule has 0 bridgehead atoms. The molecule has 2 N–H and O–H groups in total. The van der Waals surface area contributed by atoms with E-state index in [1.165, 1.54) is 0 Å². The number of alkyl halides is 1. The second-order valence-corrected chi connectivity index (χ2v) is 7.10. The third kappa shape index (κ3) is 2.96. The fourth-order valence-electron chi connectivity index (χ4n) is 3.73. The molecule has 2 aliphatic rings. The van der Waals surface area contributed by atoms with Gasteiger partial charge in [-0.25, -0.2) is 4.79 Å². The van der Waals surface area contributed by atoms with Crippen molar-refractivity contribution >= 4 is 29.8 Å². The van der Waals surface area contributed by atoms with Crippen LogP contribution in [0.25, 0.3) is 0 Å². The standard InChI is InChI=1S/C17H22ClN3O3/c1-12(18)24-16(23)20-6-4-17(5-7-20)10-21(11-22)15-3-2-13(9-19)8-14(15)17/h2-3,8,11-12H,4-7,9-10,19H2,1H3. The van der Waals surface area contributed by atoms with Gasteiger partial charge in [-0.2, -0.15) is 0 Å². The highest BCUT2D eigenvalue weighted by Gasteiger charge is 2.45. The molecule has 2 heterocycles. The van der Waals surface area contributed by atoms with Gasteiger partial charge in [0, 0.05) is 37.3 Å². The molecule has 0 aliphatic carbocycles. The number of likely N-dealkylation sites (tertiary alicyclic amines) is 1. The minimum atomic E-state index is -0.640. The molecule has 2 aliphatic heterocycles. The highest BCUT2D eigenvalue weighted by atomic mass is 35.5. The summed E-state index contributed by atoms with van der Waals surface area (Å²) in [5.41, 5.74) is 8.18. The average Bonchev–Trinajstić information content (AvgIpc) is 2.88. The molecule has 1 spiro atoms. The van der Waals surface area contributed by atoms with Crippen LogP contribution < -0.4 is 10.6 Å². The molecule has 1 fully saturated rings. The van der Waals surface area contributed by atoms with Gasteiger partial charge in [-0.3, -0.25) is 4.79 Å². The number of fused-ring (bicyclic) bond motifs is 2. The highest BCUT2D eigenvalue weighted by molar-refractivity contribution is 6.19. The molecule has 24 heavy (non-hydrogen) atoms. The Balaban J connectivity index is 1.81. The molecule has 1 unspecified atom stereocenters. The summed E-state index contributed by atoms with van der Waals surface area (Å²) in [6.07, 6.45) is 2.06. The van der Waals surface area contributed by atoms with Gasteiger partial charge in [0.2, 0.25) is 6.41 Å². The molecule has 2 amide bonds. The van der Waals surface area contributed by atoms with Gasteiger partial charge in [0.25, 0.3) is 0 Å². The lowest BCUT2D eigenvalue weighted by Gasteiger charge is -2.39. The minimum absolute atomic E-state index is 0.120. The minimum Gasteiger partial charge on any atom is -0.430 e. The van der Waals surface area contributed by atoms with Gasteiger partial charge in [-0.1, -0.05) is 23.7 Å². The molecule has 7 heteroatoms. The molecule has 130 valence electrons. The number of carbonyl (C=O) groups excluding carboxylic acids is 2. The molecule has 1 aromatic rings. The average molecular weight is 352 g/mol. The van der Waals surface area contributed by atoms with Crippen LogP contribution in [0.3, 0.4) is 0 Å². The number of hydrogen-bond donors (Lipinski definition) is 1. The molecule has 1 saturated heterocycles. The zero-order valence-corrected chi connectivity index (χ0v) is 14.5. The van der Waals surface area contributed by atoms with Crippen molar-refractivity contribution < 1.29 is 14.3 Å². The van der Waals surface area contributed by atoms with Crippen LogP contribution in [0.4, 0.5) is 10.5 Å². The largest absolute Gasteiger partial charge is 0.430 e. The number of nitrogens with zero attached hydrogens (tertiary/aromatic N) is 2. The molecule has 6 nitrogen and oxygen atoms in total. The lowest BCUT2D eigenvalue weighted by atomic mass is 9.74. The van der Waals surface area contributed by atoms with Crippen molar-refractivity contribution in [1.29, 1.82) is 0 Å². The Hall–Kier alpha value is -1.79. The Morgan fingerprint density at radius 1 is 1.46 bits per heavy atom. The van der Waals surface area contributed by atoms with Crippen LogP contribution in [0.1, 0.15) is 30.9 Å². The number of rotatable bonds is 3. The number of ether oxygens (including phenoxy) is 1. The topological polar surface area (TPSA) is 75.9 Å². The smallest absolute Gasteiger partial charge is 0.411 e. The van der Waals surface area contributed by atoms with Crippen LogP contribution in [-0.4, -0.2) is 42.6 Å². The summed E-state index contributed by atoms with van der Waals surface area (Å²) in [6, 6.07) is 6.03. The summed E-state index contributed by atoms with van der Waals surface area (Å²) in [7, 11) is 0. The maximum Gasteiger partial charge on any atom is 0.411 e. The maximum absolute atomic E-state index is 12.0. The quantitative estimate of drug-likeness (QED) is 0.669. The third-order valence-electron chi connectivity index (χ3n) is 5.02. The van der Waals surface area contributed by atoms with Crippen molar-refractivity contribution in [3.8, 4) is 0 Å². The van der Waals surface area contributed by atoms with Crippen molar-refractivity contribution in [2.45, 2.75) is 37.3 Å². The number of benzene rings is 1. The van der Waals surface area contributed by atoms with E-state index in [9.17, 15) is 9.59 Å². The first kappa shape index (κ1) is 17.0. The molecule has 1 aromatic carbocycles. The van der Waals surface area contributed by atoms with E-state index in [1.807, 2.05) is 12.1 Å². The van der Waals surface area contributed by atoms with Crippen LogP contribution in [0.5, 0.6) is 0 Å². The van der Waals surface area contributed by atoms with E-state index >= 15 is 0 Å². The van der Waals surface area contributed by atoms with Crippen LogP contribution in [-0.2, 0) is 21.5 Å². The second-order valence-electron chi connectivity index (χ2n) is 6.48. The van der Waals surface area contributed by atoms with E-state index in [0.717, 1.165) is 36.1 Å². The van der Waals surface area contributed by atoms with Crippen LogP contribution in [0.2, 0.25) is 0 Å². The third-order valence-corrected chi connectivity index (χ3v) is 5.11. The predicted octanol–water partition coefficient (Wildman–Crippen LogP) is 2.18. The number of carbonyl (C=O) groups is 2.